The molecule has 1 fully saturated rings. The minimum absolute atomic E-state index is 0.375. The summed E-state index contributed by atoms with van der Waals surface area (Å²) in [6.07, 6.45) is 5.99. The molecule has 2 rings (SSSR count). The number of nitrogens with one attached hydrogen (secondary N) is 1. The number of aromatic hydroxyl groups is 1. The van der Waals surface area contributed by atoms with Crippen LogP contribution in [0.15, 0.2) is 22.7 Å². The summed E-state index contributed by atoms with van der Waals surface area (Å²) in [4.78, 5) is 0. The molecule has 2 atom stereocenters. The first-order valence-corrected chi connectivity index (χ1v) is 8.00. The molecular formula is C13H18BrNOS. The summed E-state index contributed by atoms with van der Waals surface area (Å²) in [6, 6.07) is 6.17. The van der Waals surface area contributed by atoms with Crippen LogP contribution in [0.4, 0.5) is 0 Å². The van der Waals surface area contributed by atoms with Crippen LogP contribution in [0.25, 0.3) is 0 Å². The van der Waals surface area contributed by atoms with Gasteiger partial charge in [0.05, 0.1) is 0 Å². The molecule has 0 spiro atoms. The maximum Gasteiger partial charge on any atom is 0.120 e. The lowest BCUT2D eigenvalue weighted by Gasteiger charge is -2.13. The fraction of sp³-hybridized carbons (Fsp3) is 0.538. The Labute approximate surface area is 115 Å². The van der Waals surface area contributed by atoms with Gasteiger partial charge in [-0.15, -0.1) is 0 Å². The van der Waals surface area contributed by atoms with E-state index in [0.29, 0.717) is 11.8 Å². The standard InChI is InChI=1S/C13H18BrNOS/c1-17-12-4-3-11(7-12)15-8-9-6-10(14)2-5-13(9)16/h2,5-6,11-12,15-16H,3-4,7-8H2,1H3. The summed E-state index contributed by atoms with van der Waals surface area (Å²) in [7, 11) is 0. The van der Waals surface area contributed by atoms with E-state index in [4.69, 9.17) is 0 Å². The lowest BCUT2D eigenvalue weighted by Crippen LogP contribution is -2.26. The Morgan fingerprint density at radius 3 is 3.00 bits per heavy atom. The van der Waals surface area contributed by atoms with Crippen molar-refractivity contribution in [3.8, 4) is 5.75 Å². The number of rotatable bonds is 4. The van der Waals surface area contributed by atoms with Gasteiger partial charge in [-0.25, -0.2) is 0 Å². The van der Waals surface area contributed by atoms with Gasteiger partial charge in [-0.2, -0.15) is 11.8 Å². The van der Waals surface area contributed by atoms with Gasteiger partial charge in [0.1, 0.15) is 5.75 Å². The van der Waals surface area contributed by atoms with E-state index in [9.17, 15) is 5.11 Å². The van der Waals surface area contributed by atoms with Crippen LogP contribution in [-0.4, -0.2) is 22.7 Å². The molecule has 1 aliphatic carbocycles. The van der Waals surface area contributed by atoms with Gasteiger partial charge in [-0.3, -0.25) is 0 Å². The summed E-state index contributed by atoms with van der Waals surface area (Å²) in [5, 5.41) is 14.1. The quantitative estimate of drug-likeness (QED) is 0.891. The summed E-state index contributed by atoms with van der Waals surface area (Å²) in [6.45, 7) is 0.747. The van der Waals surface area contributed by atoms with Crippen molar-refractivity contribution >= 4 is 27.7 Å². The van der Waals surface area contributed by atoms with Crippen molar-refractivity contribution in [1.29, 1.82) is 0 Å². The molecule has 1 aromatic carbocycles. The summed E-state index contributed by atoms with van der Waals surface area (Å²) < 4.78 is 1.01. The van der Waals surface area contributed by atoms with Crippen LogP contribution in [0.2, 0.25) is 0 Å². The number of halogens is 1. The highest BCUT2D eigenvalue weighted by atomic mass is 79.9. The molecule has 0 saturated heterocycles. The Bertz CT molecular complexity index is 386. The summed E-state index contributed by atoms with van der Waals surface area (Å²) in [5.74, 6) is 0.375. The highest BCUT2D eigenvalue weighted by molar-refractivity contribution is 9.10. The molecule has 0 radical (unpaired) electrons. The normalized spacial score (nSPS) is 24.1. The molecule has 17 heavy (non-hydrogen) atoms. The number of hydrogen-bond acceptors (Lipinski definition) is 3. The molecule has 2 nitrogen and oxygen atoms in total. The number of phenolic OH excluding ortho intramolecular Hbond substituents is 1. The van der Waals surface area contributed by atoms with Crippen molar-refractivity contribution in [2.24, 2.45) is 0 Å². The first kappa shape index (κ1) is 13.2. The van der Waals surface area contributed by atoms with Crippen LogP contribution in [0.3, 0.4) is 0 Å². The number of benzene rings is 1. The fourth-order valence-corrected chi connectivity index (χ4v) is 3.49. The lowest BCUT2D eigenvalue weighted by molar-refractivity contribution is 0.456. The molecule has 2 unspecified atom stereocenters. The van der Waals surface area contributed by atoms with Gasteiger partial charge in [0, 0.05) is 27.9 Å². The van der Waals surface area contributed by atoms with Gasteiger partial charge in [-0.05, 0) is 43.7 Å². The summed E-state index contributed by atoms with van der Waals surface area (Å²) in [5.41, 5.74) is 0.965. The molecule has 1 aliphatic rings. The molecule has 4 heteroatoms. The van der Waals surface area contributed by atoms with Gasteiger partial charge in [0.25, 0.3) is 0 Å². The third-order valence-electron chi connectivity index (χ3n) is 3.34. The SMILES string of the molecule is CSC1CCC(NCc2cc(Br)ccc2O)C1. The summed E-state index contributed by atoms with van der Waals surface area (Å²) >= 11 is 5.39. The first-order valence-electron chi connectivity index (χ1n) is 5.92. The van der Waals surface area contributed by atoms with Gasteiger partial charge in [0.15, 0.2) is 0 Å². The third kappa shape index (κ3) is 3.63. The molecule has 94 valence electrons. The highest BCUT2D eigenvalue weighted by Gasteiger charge is 2.23. The van der Waals surface area contributed by atoms with Gasteiger partial charge in [0.2, 0.25) is 0 Å². The average molecular weight is 316 g/mol. The van der Waals surface area contributed by atoms with Crippen molar-refractivity contribution in [2.45, 2.75) is 37.1 Å². The molecule has 2 N–H and O–H groups in total. The van der Waals surface area contributed by atoms with Crippen molar-refractivity contribution in [1.82, 2.24) is 5.32 Å². The van der Waals surface area contributed by atoms with E-state index < -0.39 is 0 Å². The second-order valence-electron chi connectivity index (χ2n) is 4.52. The van der Waals surface area contributed by atoms with Crippen LogP contribution in [-0.2, 0) is 6.54 Å². The lowest BCUT2D eigenvalue weighted by atomic mass is 10.2. The van der Waals surface area contributed by atoms with Crippen LogP contribution >= 0.6 is 27.7 Å². The minimum Gasteiger partial charge on any atom is -0.508 e. The van der Waals surface area contributed by atoms with Crippen molar-refractivity contribution < 1.29 is 5.11 Å². The third-order valence-corrected chi connectivity index (χ3v) is 4.93. The zero-order valence-corrected chi connectivity index (χ0v) is 12.4. The second-order valence-corrected chi connectivity index (χ2v) is 6.58. The molecule has 1 aromatic rings. The minimum atomic E-state index is 0.375. The van der Waals surface area contributed by atoms with E-state index in [2.05, 4.69) is 27.5 Å². The highest BCUT2D eigenvalue weighted by Crippen LogP contribution is 2.29. The average Bonchev–Trinajstić information content (AvgIpc) is 2.78. The first-order chi connectivity index (χ1) is 8.19. The van der Waals surface area contributed by atoms with Crippen LogP contribution < -0.4 is 5.32 Å². The molecule has 0 aromatic heterocycles. The Kier molecular flexibility index (Phi) is 4.77. The zero-order chi connectivity index (χ0) is 12.3. The molecule has 0 bridgehead atoms. The van der Waals surface area contributed by atoms with E-state index in [-0.39, 0.29) is 0 Å². The molecule has 1 saturated carbocycles. The second kappa shape index (κ2) is 6.12. The molecular weight excluding hydrogens is 298 g/mol. The molecule has 0 amide bonds. The predicted molar refractivity (Wildman–Crippen MR) is 77.6 cm³/mol. The van der Waals surface area contributed by atoms with Gasteiger partial charge >= 0.3 is 0 Å². The van der Waals surface area contributed by atoms with E-state index >= 15 is 0 Å². The predicted octanol–water partition coefficient (Wildman–Crippen LogP) is 3.53. The van der Waals surface area contributed by atoms with Gasteiger partial charge in [-0.1, -0.05) is 15.9 Å². The van der Waals surface area contributed by atoms with E-state index in [1.807, 2.05) is 23.9 Å². The van der Waals surface area contributed by atoms with E-state index in [0.717, 1.165) is 21.8 Å². The maximum absolute atomic E-state index is 9.74. The zero-order valence-electron chi connectivity index (χ0n) is 9.95. The Morgan fingerprint density at radius 1 is 1.47 bits per heavy atom. The topological polar surface area (TPSA) is 32.3 Å². The number of thioether (sulfide) groups is 1. The number of hydrogen-bond donors (Lipinski definition) is 2. The molecule has 0 heterocycles. The van der Waals surface area contributed by atoms with E-state index in [1.165, 1.54) is 19.3 Å². The monoisotopic (exact) mass is 315 g/mol. The van der Waals surface area contributed by atoms with Crippen LogP contribution in [0.1, 0.15) is 24.8 Å². The van der Waals surface area contributed by atoms with Gasteiger partial charge < -0.3 is 10.4 Å². The smallest absolute Gasteiger partial charge is 0.120 e. The Hall–Kier alpha value is -0.190. The fourth-order valence-electron chi connectivity index (χ4n) is 2.29. The van der Waals surface area contributed by atoms with E-state index in [1.54, 1.807) is 6.07 Å². The Balaban J connectivity index is 1.88. The van der Waals surface area contributed by atoms with Crippen molar-refractivity contribution in [3.63, 3.8) is 0 Å². The van der Waals surface area contributed by atoms with Crippen LogP contribution in [0, 0.1) is 0 Å². The van der Waals surface area contributed by atoms with Crippen molar-refractivity contribution in [2.75, 3.05) is 6.26 Å². The van der Waals surface area contributed by atoms with Crippen LogP contribution in [0.5, 0.6) is 5.75 Å². The Morgan fingerprint density at radius 2 is 2.29 bits per heavy atom. The largest absolute Gasteiger partial charge is 0.508 e. The van der Waals surface area contributed by atoms with Crippen molar-refractivity contribution in [3.05, 3.63) is 28.2 Å². The molecule has 0 aliphatic heterocycles. The maximum atomic E-state index is 9.74. The number of phenols is 1.